The van der Waals surface area contributed by atoms with Crippen LogP contribution < -0.4 is 0 Å². The fraction of sp³-hybridized carbons (Fsp3) is 0.400. The molecule has 0 fully saturated rings. The second-order valence-corrected chi connectivity index (χ2v) is 3.49. The van der Waals surface area contributed by atoms with Crippen LogP contribution in [0.1, 0.15) is 0 Å². The van der Waals surface area contributed by atoms with Crippen molar-refractivity contribution in [3.63, 3.8) is 0 Å². The van der Waals surface area contributed by atoms with Crippen LogP contribution in [0, 0.1) is 13.3 Å². The maximum atomic E-state index is 2.00. The van der Waals surface area contributed by atoms with Crippen LogP contribution >= 0.6 is 0 Å². The summed E-state index contributed by atoms with van der Waals surface area (Å²) in [5, 5.41) is 0. The number of rotatable bonds is 0. The Labute approximate surface area is 108 Å². The van der Waals surface area contributed by atoms with Gasteiger partial charge in [-0.3, -0.25) is 0 Å². The smallest absolute Gasteiger partial charge is 0.511 e. The van der Waals surface area contributed by atoms with Crippen LogP contribution in [0.5, 0.6) is 0 Å². The molecule has 0 unspecified atom stereocenters. The quantitative estimate of drug-likeness (QED) is 0.487. The molecular formula is C10H18AgN4-. The van der Waals surface area contributed by atoms with Gasteiger partial charge in [0.15, 0.2) is 0 Å². The third-order valence-corrected chi connectivity index (χ3v) is 1.80. The summed E-state index contributed by atoms with van der Waals surface area (Å²) in [5.41, 5.74) is 0. The first-order chi connectivity index (χ1) is 6.58. The number of hydrogen-bond donors (Lipinski definition) is 0. The van der Waals surface area contributed by atoms with E-state index in [1.165, 1.54) is 0 Å². The minimum absolute atomic E-state index is 0. The molecule has 5 heteroatoms. The van der Waals surface area contributed by atoms with Crippen molar-refractivity contribution in [1.82, 2.24) is 19.6 Å². The predicted molar refractivity (Wildman–Crippen MR) is 57.9 cm³/mol. The first-order valence-corrected chi connectivity index (χ1v) is 4.52. The second-order valence-electron chi connectivity index (χ2n) is 3.49. The van der Waals surface area contributed by atoms with Crippen LogP contribution in [0.3, 0.4) is 0 Å². The van der Waals surface area contributed by atoms with E-state index in [0.29, 0.717) is 0 Å². The summed E-state index contributed by atoms with van der Waals surface area (Å²) in [6, 6.07) is 0. The van der Waals surface area contributed by atoms with E-state index >= 15 is 0 Å². The van der Waals surface area contributed by atoms with Crippen molar-refractivity contribution in [2.75, 3.05) is 28.2 Å². The Hall–Kier alpha value is -0.580. The Morgan fingerprint density at radius 1 is 0.600 bits per heavy atom. The van der Waals surface area contributed by atoms with Gasteiger partial charge in [-0.05, 0) is 53.0 Å². The van der Waals surface area contributed by atoms with Crippen molar-refractivity contribution in [3.8, 4) is 0 Å². The van der Waals surface area contributed by atoms with Gasteiger partial charge in [0.25, 0.3) is 0 Å². The summed E-state index contributed by atoms with van der Waals surface area (Å²) >= 11 is 0. The van der Waals surface area contributed by atoms with Gasteiger partial charge in [-0.15, -0.1) is 0 Å². The molecule has 90 valence electrons. The van der Waals surface area contributed by atoms with Crippen molar-refractivity contribution in [2.24, 2.45) is 0 Å². The van der Waals surface area contributed by atoms with Gasteiger partial charge >= 0.3 is 22.4 Å². The van der Waals surface area contributed by atoms with Gasteiger partial charge in [-0.2, -0.15) is 13.3 Å². The molecule has 0 atom stereocenters. The molecule has 0 saturated carbocycles. The third kappa shape index (κ3) is 5.77. The van der Waals surface area contributed by atoms with Crippen molar-refractivity contribution in [2.45, 2.75) is 0 Å². The molecule has 2 rings (SSSR count). The molecule has 0 amide bonds. The number of nitrogens with zero attached hydrogens (tertiary/aromatic N) is 4. The predicted octanol–water partition coefficient (Wildman–Crippen LogP) is 0.906. The minimum Gasteiger partial charge on any atom is -0.511 e. The molecule has 0 bridgehead atoms. The average Bonchev–Trinajstić information content (AvgIpc) is 2.63. The summed E-state index contributed by atoms with van der Waals surface area (Å²) in [7, 11) is 8.00. The summed E-state index contributed by atoms with van der Waals surface area (Å²) < 4.78 is 0. The Bertz CT molecular complexity index is 185. The van der Waals surface area contributed by atoms with Crippen LogP contribution in [0.2, 0.25) is 0 Å². The third-order valence-electron chi connectivity index (χ3n) is 1.80. The molecule has 0 N–H and O–H groups in total. The molecular weight excluding hydrogens is 284 g/mol. The fourth-order valence-corrected chi connectivity index (χ4v) is 1.15. The Kier molecular flexibility index (Phi) is 6.56. The van der Waals surface area contributed by atoms with Gasteiger partial charge in [0.2, 0.25) is 0 Å². The monoisotopic (exact) mass is 301 g/mol. The van der Waals surface area contributed by atoms with E-state index in [1.807, 2.05) is 85.9 Å². The Morgan fingerprint density at radius 3 is 0.867 bits per heavy atom. The van der Waals surface area contributed by atoms with Gasteiger partial charge in [0.05, 0.1) is 0 Å². The van der Waals surface area contributed by atoms with Crippen LogP contribution in [-0.2, 0) is 22.4 Å². The topological polar surface area (TPSA) is 13.0 Å². The largest absolute Gasteiger partial charge is 1.00 e. The van der Waals surface area contributed by atoms with E-state index in [0.717, 1.165) is 0 Å². The zero-order valence-electron chi connectivity index (χ0n) is 9.55. The van der Waals surface area contributed by atoms with E-state index in [9.17, 15) is 0 Å². The molecule has 0 aromatic rings. The molecule has 0 spiro atoms. The van der Waals surface area contributed by atoms with Gasteiger partial charge in [-0.1, -0.05) is 0 Å². The Balaban J connectivity index is 0.000000245. The van der Waals surface area contributed by atoms with Crippen molar-refractivity contribution in [3.05, 3.63) is 38.1 Å². The van der Waals surface area contributed by atoms with E-state index in [1.54, 1.807) is 0 Å². The summed E-state index contributed by atoms with van der Waals surface area (Å²) in [6.45, 7) is 4.00. The molecule has 2 aliphatic rings. The zero-order valence-corrected chi connectivity index (χ0v) is 11.0. The minimum atomic E-state index is 0. The maximum absolute atomic E-state index is 2.00. The molecule has 0 aromatic carbocycles. The molecule has 0 aromatic heterocycles. The van der Waals surface area contributed by atoms with E-state index in [-0.39, 0.29) is 22.4 Å². The normalized spacial score (nSPS) is 17.9. The van der Waals surface area contributed by atoms with Crippen molar-refractivity contribution < 1.29 is 22.4 Å². The molecule has 15 heavy (non-hydrogen) atoms. The standard InChI is InChI=1S/2C5H9N2.Ag/c2*1-6-3-4-7(2)5-6;/h2*3-5H,1-2H3;/q2*-1;+1. The maximum Gasteiger partial charge on any atom is 1.00 e. The molecule has 2 heterocycles. The van der Waals surface area contributed by atoms with E-state index in [2.05, 4.69) is 0 Å². The van der Waals surface area contributed by atoms with Crippen LogP contribution in [0.25, 0.3) is 0 Å². The van der Waals surface area contributed by atoms with Crippen molar-refractivity contribution in [1.29, 1.82) is 0 Å². The molecule has 0 saturated heterocycles. The van der Waals surface area contributed by atoms with Crippen molar-refractivity contribution >= 4 is 0 Å². The van der Waals surface area contributed by atoms with Crippen LogP contribution in [0.4, 0.5) is 0 Å². The van der Waals surface area contributed by atoms with E-state index < -0.39 is 0 Å². The summed E-state index contributed by atoms with van der Waals surface area (Å²) in [5.74, 6) is 0. The molecule has 0 radical (unpaired) electrons. The first kappa shape index (κ1) is 14.4. The zero-order chi connectivity index (χ0) is 10.6. The second kappa shape index (κ2) is 6.82. The van der Waals surface area contributed by atoms with Gasteiger partial charge < -0.3 is 19.6 Å². The summed E-state index contributed by atoms with van der Waals surface area (Å²) in [4.78, 5) is 8.00. The molecule has 4 nitrogen and oxygen atoms in total. The Morgan fingerprint density at radius 2 is 0.800 bits per heavy atom. The van der Waals surface area contributed by atoms with E-state index in [4.69, 9.17) is 0 Å². The van der Waals surface area contributed by atoms with Gasteiger partial charge in [-0.25, -0.2) is 0 Å². The van der Waals surface area contributed by atoms with Crippen LogP contribution in [0.15, 0.2) is 24.8 Å². The van der Waals surface area contributed by atoms with Gasteiger partial charge in [0, 0.05) is 0 Å². The average molecular weight is 302 g/mol. The molecule has 2 aliphatic heterocycles. The SMILES string of the molecule is CN1C=CN(C)[CH-]1.CN1C=CN(C)[CH-]1.[Ag+]. The van der Waals surface area contributed by atoms with Crippen LogP contribution in [-0.4, -0.2) is 47.8 Å². The molecule has 0 aliphatic carbocycles. The fourth-order valence-electron chi connectivity index (χ4n) is 1.15. The summed E-state index contributed by atoms with van der Waals surface area (Å²) in [6.07, 6.45) is 8.00. The number of hydrogen-bond acceptors (Lipinski definition) is 4. The van der Waals surface area contributed by atoms with Gasteiger partial charge in [0.1, 0.15) is 0 Å². The first-order valence-electron chi connectivity index (χ1n) is 4.52.